The van der Waals surface area contributed by atoms with Crippen molar-refractivity contribution in [1.29, 1.82) is 0 Å². The molecule has 7 nitrogen and oxygen atoms in total. The lowest BCUT2D eigenvalue weighted by Crippen LogP contribution is -2.21. The SMILES string of the molecule is COc1ccc(C(=O)OCC(=O)Nc2cccc3ncccc23)cn1. The van der Waals surface area contributed by atoms with E-state index in [4.69, 9.17) is 9.47 Å². The summed E-state index contributed by atoms with van der Waals surface area (Å²) in [6.07, 6.45) is 3.01. The van der Waals surface area contributed by atoms with Crippen LogP contribution in [0.25, 0.3) is 10.9 Å². The first-order valence-corrected chi connectivity index (χ1v) is 7.48. The molecule has 0 bridgehead atoms. The number of carbonyl (C=O) groups is 2. The van der Waals surface area contributed by atoms with Gasteiger partial charge in [0.15, 0.2) is 6.61 Å². The van der Waals surface area contributed by atoms with Gasteiger partial charge in [-0.2, -0.15) is 0 Å². The fraction of sp³-hybridized carbons (Fsp3) is 0.111. The number of benzene rings is 1. The van der Waals surface area contributed by atoms with Crippen molar-refractivity contribution in [3.63, 3.8) is 0 Å². The number of ether oxygens (including phenoxy) is 2. The highest BCUT2D eigenvalue weighted by atomic mass is 16.5. The Labute approximate surface area is 143 Å². The van der Waals surface area contributed by atoms with Crippen molar-refractivity contribution in [2.45, 2.75) is 0 Å². The Morgan fingerprint density at radius 2 is 1.96 bits per heavy atom. The van der Waals surface area contributed by atoms with Gasteiger partial charge in [0.2, 0.25) is 5.88 Å². The molecular formula is C18H15N3O4. The highest BCUT2D eigenvalue weighted by Crippen LogP contribution is 2.21. The predicted molar refractivity (Wildman–Crippen MR) is 91.4 cm³/mol. The van der Waals surface area contributed by atoms with E-state index in [2.05, 4.69) is 15.3 Å². The molecule has 0 aliphatic carbocycles. The third-order valence-corrected chi connectivity index (χ3v) is 3.44. The Bertz CT molecular complexity index is 904. The van der Waals surface area contributed by atoms with E-state index < -0.39 is 18.5 Å². The molecule has 0 atom stereocenters. The molecular weight excluding hydrogens is 322 g/mol. The van der Waals surface area contributed by atoms with Crippen LogP contribution >= 0.6 is 0 Å². The number of anilines is 1. The minimum absolute atomic E-state index is 0.239. The van der Waals surface area contributed by atoms with Crippen LogP contribution in [0.1, 0.15) is 10.4 Å². The summed E-state index contributed by atoms with van der Waals surface area (Å²) in [6.45, 7) is -0.401. The van der Waals surface area contributed by atoms with Crippen molar-refractivity contribution < 1.29 is 19.1 Å². The Morgan fingerprint density at radius 3 is 2.72 bits per heavy atom. The Kier molecular flexibility index (Phi) is 4.84. The molecule has 0 saturated heterocycles. The third kappa shape index (κ3) is 3.89. The highest BCUT2D eigenvalue weighted by Gasteiger charge is 2.12. The number of aromatic nitrogens is 2. The van der Waals surface area contributed by atoms with E-state index in [0.717, 1.165) is 10.9 Å². The maximum atomic E-state index is 12.0. The van der Waals surface area contributed by atoms with E-state index in [-0.39, 0.29) is 5.56 Å². The van der Waals surface area contributed by atoms with Crippen LogP contribution in [0, 0.1) is 0 Å². The molecule has 25 heavy (non-hydrogen) atoms. The van der Waals surface area contributed by atoms with Crippen LogP contribution in [0.15, 0.2) is 54.9 Å². The number of hydrogen-bond acceptors (Lipinski definition) is 6. The van der Waals surface area contributed by atoms with Crippen LogP contribution in [0.2, 0.25) is 0 Å². The van der Waals surface area contributed by atoms with Crippen molar-refractivity contribution in [2.75, 3.05) is 19.0 Å². The summed E-state index contributed by atoms with van der Waals surface area (Å²) in [5.74, 6) is -0.685. The number of fused-ring (bicyclic) bond motifs is 1. The van der Waals surface area contributed by atoms with E-state index >= 15 is 0 Å². The van der Waals surface area contributed by atoms with E-state index in [1.54, 1.807) is 30.5 Å². The van der Waals surface area contributed by atoms with Gasteiger partial charge in [-0.15, -0.1) is 0 Å². The number of nitrogens with one attached hydrogen (secondary N) is 1. The molecule has 2 aromatic heterocycles. The summed E-state index contributed by atoms with van der Waals surface area (Å²) in [4.78, 5) is 32.1. The van der Waals surface area contributed by atoms with Crippen LogP contribution in [0.3, 0.4) is 0 Å². The third-order valence-electron chi connectivity index (χ3n) is 3.44. The van der Waals surface area contributed by atoms with Gasteiger partial charge < -0.3 is 14.8 Å². The second-order valence-corrected chi connectivity index (χ2v) is 5.09. The van der Waals surface area contributed by atoms with Crippen molar-refractivity contribution in [1.82, 2.24) is 9.97 Å². The minimum atomic E-state index is -0.634. The largest absolute Gasteiger partial charge is 0.481 e. The Balaban J connectivity index is 1.61. The normalized spacial score (nSPS) is 10.3. The first-order chi connectivity index (χ1) is 12.2. The summed E-state index contributed by atoms with van der Waals surface area (Å²) in [7, 11) is 1.48. The van der Waals surface area contributed by atoms with Crippen molar-refractivity contribution in [2.24, 2.45) is 0 Å². The molecule has 1 amide bonds. The lowest BCUT2D eigenvalue weighted by molar-refractivity contribution is -0.119. The van der Waals surface area contributed by atoms with E-state index in [0.29, 0.717) is 11.6 Å². The second-order valence-electron chi connectivity index (χ2n) is 5.09. The summed E-state index contributed by atoms with van der Waals surface area (Å²) >= 11 is 0. The monoisotopic (exact) mass is 337 g/mol. The van der Waals surface area contributed by atoms with Gasteiger partial charge in [-0.3, -0.25) is 9.78 Å². The van der Waals surface area contributed by atoms with Crippen LogP contribution in [-0.4, -0.2) is 35.6 Å². The maximum absolute atomic E-state index is 12.0. The quantitative estimate of drug-likeness (QED) is 0.719. The lowest BCUT2D eigenvalue weighted by Gasteiger charge is -2.09. The van der Waals surface area contributed by atoms with Gasteiger partial charge in [0.05, 0.1) is 23.9 Å². The molecule has 0 spiro atoms. The molecule has 0 aliphatic rings. The van der Waals surface area contributed by atoms with E-state index in [1.165, 1.54) is 19.4 Å². The van der Waals surface area contributed by atoms with Gasteiger partial charge in [0.25, 0.3) is 5.91 Å². The number of rotatable bonds is 5. The summed E-state index contributed by atoms with van der Waals surface area (Å²) in [5, 5.41) is 3.53. The smallest absolute Gasteiger partial charge is 0.340 e. The molecule has 2 heterocycles. The number of hydrogen-bond donors (Lipinski definition) is 1. The number of amides is 1. The molecule has 0 radical (unpaired) electrons. The first kappa shape index (κ1) is 16.4. The van der Waals surface area contributed by atoms with Crippen LogP contribution < -0.4 is 10.1 Å². The average Bonchev–Trinajstić information content (AvgIpc) is 2.66. The Hall–Kier alpha value is -3.48. The molecule has 3 rings (SSSR count). The highest BCUT2D eigenvalue weighted by molar-refractivity contribution is 6.02. The number of carbonyl (C=O) groups excluding carboxylic acids is 2. The molecule has 1 aromatic carbocycles. The number of esters is 1. The number of methoxy groups -OCH3 is 1. The zero-order valence-corrected chi connectivity index (χ0v) is 13.4. The van der Waals surface area contributed by atoms with Crippen LogP contribution in [-0.2, 0) is 9.53 Å². The molecule has 0 saturated carbocycles. The van der Waals surface area contributed by atoms with Gasteiger partial charge in [0.1, 0.15) is 0 Å². The summed E-state index contributed by atoms with van der Waals surface area (Å²) < 4.78 is 9.92. The van der Waals surface area contributed by atoms with Crippen molar-refractivity contribution in [3.05, 3.63) is 60.4 Å². The Morgan fingerprint density at radius 1 is 1.08 bits per heavy atom. The minimum Gasteiger partial charge on any atom is -0.481 e. The fourth-order valence-corrected chi connectivity index (χ4v) is 2.23. The molecule has 0 fully saturated rings. The molecule has 126 valence electrons. The standard InChI is InChI=1S/C18H15N3O4/c1-24-17-8-7-12(10-20-17)18(23)25-11-16(22)21-15-6-2-5-14-13(15)4-3-9-19-14/h2-10H,11H2,1H3,(H,21,22). The second kappa shape index (κ2) is 7.39. The summed E-state index contributed by atoms with van der Waals surface area (Å²) in [6, 6.07) is 12.1. The average molecular weight is 337 g/mol. The topological polar surface area (TPSA) is 90.4 Å². The molecule has 1 N–H and O–H groups in total. The van der Waals surface area contributed by atoms with Crippen LogP contribution in [0.5, 0.6) is 5.88 Å². The lowest BCUT2D eigenvalue weighted by atomic mass is 10.2. The molecule has 3 aromatic rings. The number of nitrogens with zero attached hydrogens (tertiary/aromatic N) is 2. The van der Waals surface area contributed by atoms with Gasteiger partial charge in [-0.05, 0) is 30.3 Å². The van der Waals surface area contributed by atoms with E-state index in [1.807, 2.05) is 12.1 Å². The van der Waals surface area contributed by atoms with Gasteiger partial charge >= 0.3 is 5.97 Å². The number of pyridine rings is 2. The van der Waals surface area contributed by atoms with Crippen LogP contribution in [0.4, 0.5) is 5.69 Å². The molecule has 7 heteroatoms. The fourth-order valence-electron chi connectivity index (χ4n) is 2.23. The zero-order valence-electron chi connectivity index (χ0n) is 13.4. The van der Waals surface area contributed by atoms with E-state index in [9.17, 15) is 9.59 Å². The van der Waals surface area contributed by atoms with Crippen molar-refractivity contribution >= 4 is 28.5 Å². The van der Waals surface area contributed by atoms with Gasteiger partial charge in [-0.1, -0.05) is 6.07 Å². The molecule has 0 unspecified atom stereocenters. The predicted octanol–water partition coefficient (Wildman–Crippen LogP) is 2.43. The van der Waals surface area contributed by atoms with Gasteiger partial charge in [-0.25, -0.2) is 9.78 Å². The first-order valence-electron chi connectivity index (χ1n) is 7.48. The molecule has 0 aliphatic heterocycles. The maximum Gasteiger partial charge on any atom is 0.340 e. The van der Waals surface area contributed by atoms with Crippen molar-refractivity contribution in [3.8, 4) is 5.88 Å². The summed E-state index contributed by atoms with van der Waals surface area (Å²) in [5.41, 5.74) is 1.61. The zero-order chi connectivity index (χ0) is 17.6. The van der Waals surface area contributed by atoms with Gasteiger partial charge in [0, 0.05) is 23.8 Å².